The van der Waals surface area contributed by atoms with Crippen molar-refractivity contribution in [2.75, 3.05) is 0 Å². The molecule has 0 aliphatic carbocycles. The van der Waals surface area contributed by atoms with Gasteiger partial charge in [0.05, 0.1) is 10.4 Å². The highest BCUT2D eigenvalue weighted by molar-refractivity contribution is 7.13. The zero-order valence-corrected chi connectivity index (χ0v) is 11.3. The summed E-state index contributed by atoms with van der Waals surface area (Å²) < 4.78 is 5.25. The summed E-state index contributed by atoms with van der Waals surface area (Å²) in [4.78, 5) is 16.2. The first-order valence-electron chi connectivity index (χ1n) is 5.87. The van der Waals surface area contributed by atoms with Crippen LogP contribution in [0.1, 0.15) is 15.9 Å². The highest BCUT2D eigenvalue weighted by atomic mass is 32.1. The molecule has 3 rings (SSSR count). The molecule has 1 aromatic carbocycles. The Morgan fingerprint density at radius 3 is 2.90 bits per heavy atom. The number of carboxylic acid groups (broad SMARTS) is 1. The van der Waals surface area contributed by atoms with E-state index >= 15 is 0 Å². The second-order valence-corrected chi connectivity index (χ2v) is 5.16. The third-order valence-electron chi connectivity index (χ3n) is 2.85. The SMILES string of the molecule is Cc1ccsc1-c1nc(-c2cccc(C(=O)O)c2)no1. The number of aromatic carboxylic acids is 1. The highest BCUT2D eigenvalue weighted by Gasteiger charge is 2.14. The maximum Gasteiger partial charge on any atom is 0.335 e. The van der Waals surface area contributed by atoms with E-state index in [1.165, 1.54) is 23.5 Å². The summed E-state index contributed by atoms with van der Waals surface area (Å²) in [6, 6.07) is 8.44. The molecule has 0 radical (unpaired) electrons. The molecule has 1 N–H and O–H groups in total. The molecule has 0 saturated heterocycles. The summed E-state index contributed by atoms with van der Waals surface area (Å²) in [5.41, 5.74) is 1.89. The molecule has 0 unspecified atom stereocenters. The smallest absolute Gasteiger partial charge is 0.335 e. The summed E-state index contributed by atoms with van der Waals surface area (Å²) in [6.45, 7) is 1.97. The zero-order chi connectivity index (χ0) is 14.1. The maximum absolute atomic E-state index is 11.0. The molecule has 2 aromatic heterocycles. The molecule has 5 nitrogen and oxygen atoms in total. The van der Waals surface area contributed by atoms with Crippen LogP contribution in [0.5, 0.6) is 0 Å². The molecule has 0 fully saturated rings. The topological polar surface area (TPSA) is 76.2 Å². The molecule has 100 valence electrons. The van der Waals surface area contributed by atoms with E-state index in [-0.39, 0.29) is 5.56 Å². The van der Waals surface area contributed by atoms with Crippen LogP contribution in [-0.2, 0) is 0 Å². The summed E-state index contributed by atoms with van der Waals surface area (Å²) in [5.74, 6) is -0.145. The molecule has 20 heavy (non-hydrogen) atoms. The van der Waals surface area contributed by atoms with Crippen molar-refractivity contribution in [1.29, 1.82) is 0 Å². The Morgan fingerprint density at radius 2 is 2.20 bits per heavy atom. The highest BCUT2D eigenvalue weighted by Crippen LogP contribution is 2.29. The van der Waals surface area contributed by atoms with Crippen LogP contribution < -0.4 is 0 Å². The molecule has 0 aliphatic heterocycles. The van der Waals surface area contributed by atoms with E-state index in [1.54, 1.807) is 12.1 Å². The van der Waals surface area contributed by atoms with Gasteiger partial charge in [-0.25, -0.2) is 4.79 Å². The maximum atomic E-state index is 11.0. The molecular formula is C14H10N2O3S. The Bertz CT molecular complexity index is 776. The fourth-order valence-corrected chi connectivity index (χ4v) is 2.66. The first-order chi connectivity index (χ1) is 9.65. The van der Waals surface area contributed by atoms with Gasteiger partial charge in [-0.15, -0.1) is 11.3 Å². The van der Waals surface area contributed by atoms with E-state index < -0.39 is 5.97 Å². The van der Waals surface area contributed by atoms with E-state index in [0.29, 0.717) is 17.3 Å². The van der Waals surface area contributed by atoms with Crippen LogP contribution in [0.3, 0.4) is 0 Å². The lowest BCUT2D eigenvalue weighted by Crippen LogP contribution is -1.96. The molecule has 0 atom stereocenters. The number of aromatic nitrogens is 2. The first-order valence-corrected chi connectivity index (χ1v) is 6.75. The number of carbonyl (C=O) groups is 1. The fourth-order valence-electron chi connectivity index (χ4n) is 1.82. The van der Waals surface area contributed by atoms with Gasteiger partial charge in [0.1, 0.15) is 0 Å². The van der Waals surface area contributed by atoms with Crippen LogP contribution in [-0.4, -0.2) is 21.2 Å². The van der Waals surface area contributed by atoms with E-state index in [0.717, 1.165) is 10.4 Å². The third-order valence-corrected chi connectivity index (χ3v) is 3.85. The van der Waals surface area contributed by atoms with Gasteiger partial charge >= 0.3 is 5.97 Å². The summed E-state index contributed by atoms with van der Waals surface area (Å²) >= 11 is 1.53. The van der Waals surface area contributed by atoms with Crippen molar-refractivity contribution < 1.29 is 14.4 Å². The molecular weight excluding hydrogens is 276 g/mol. The zero-order valence-electron chi connectivity index (χ0n) is 10.5. The van der Waals surface area contributed by atoms with Gasteiger partial charge in [0, 0.05) is 5.56 Å². The Hall–Kier alpha value is -2.47. The third kappa shape index (κ3) is 2.21. The first kappa shape index (κ1) is 12.6. The normalized spacial score (nSPS) is 10.7. The molecule has 0 amide bonds. The number of aryl methyl sites for hydroxylation is 1. The van der Waals surface area contributed by atoms with Crippen LogP contribution in [0, 0.1) is 6.92 Å². The van der Waals surface area contributed by atoms with E-state index in [2.05, 4.69) is 10.1 Å². The average molecular weight is 286 g/mol. The van der Waals surface area contributed by atoms with E-state index in [1.807, 2.05) is 18.4 Å². The second-order valence-electron chi connectivity index (χ2n) is 4.24. The van der Waals surface area contributed by atoms with Crippen molar-refractivity contribution in [3.05, 3.63) is 46.8 Å². The molecule has 0 aliphatic rings. The molecule has 0 saturated carbocycles. The number of hydrogen-bond donors (Lipinski definition) is 1. The summed E-state index contributed by atoms with van der Waals surface area (Å²) in [7, 11) is 0. The fraction of sp³-hybridized carbons (Fsp3) is 0.0714. The number of hydrogen-bond acceptors (Lipinski definition) is 5. The summed E-state index contributed by atoms with van der Waals surface area (Å²) in [6.07, 6.45) is 0. The summed E-state index contributed by atoms with van der Waals surface area (Å²) in [5, 5.41) is 14.9. The minimum atomic E-state index is -0.982. The van der Waals surface area contributed by atoms with Gasteiger partial charge in [-0.1, -0.05) is 17.3 Å². The van der Waals surface area contributed by atoms with E-state index in [4.69, 9.17) is 9.63 Å². The van der Waals surface area contributed by atoms with Crippen molar-refractivity contribution in [2.45, 2.75) is 6.92 Å². The predicted molar refractivity (Wildman–Crippen MR) is 74.7 cm³/mol. The largest absolute Gasteiger partial charge is 0.478 e. The number of nitrogens with zero attached hydrogens (tertiary/aromatic N) is 2. The Labute approximate surface area is 118 Å². The van der Waals surface area contributed by atoms with Crippen molar-refractivity contribution >= 4 is 17.3 Å². The molecule has 2 heterocycles. The second kappa shape index (κ2) is 4.90. The van der Waals surface area contributed by atoms with Gasteiger partial charge in [-0.05, 0) is 36.1 Å². The molecule has 0 spiro atoms. The Balaban J connectivity index is 2.00. The van der Waals surface area contributed by atoms with Gasteiger partial charge in [0.25, 0.3) is 5.89 Å². The van der Waals surface area contributed by atoms with Gasteiger partial charge < -0.3 is 9.63 Å². The lowest BCUT2D eigenvalue weighted by molar-refractivity contribution is 0.0697. The average Bonchev–Trinajstić information content (AvgIpc) is 3.07. The lowest BCUT2D eigenvalue weighted by Gasteiger charge is -1.96. The minimum Gasteiger partial charge on any atom is -0.478 e. The monoisotopic (exact) mass is 286 g/mol. The van der Waals surface area contributed by atoms with Crippen molar-refractivity contribution in [3.8, 4) is 22.2 Å². The Kier molecular flexibility index (Phi) is 3.08. The van der Waals surface area contributed by atoms with Crippen LogP contribution in [0.2, 0.25) is 0 Å². The number of rotatable bonds is 3. The van der Waals surface area contributed by atoms with Gasteiger partial charge in [0.15, 0.2) is 0 Å². The van der Waals surface area contributed by atoms with Crippen LogP contribution in [0.4, 0.5) is 0 Å². The number of carboxylic acids is 1. The Morgan fingerprint density at radius 1 is 1.35 bits per heavy atom. The predicted octanol–water partition coefficient (Wildman–Crippen LogP) is 3.47. The quantitative estimate of drug-likeness (QED) is 0.797. The van der Waals surface area contributed by atoms with Gasteiger partial charge in [0.2, 0.25) is 5.82 Å². The molecule has 3 aromatic rings. The van der Waals surface area contributed by atoms with Gasteiger partial charge in [-0.3, -0.25) is 0 Å². The molecule has 0 bridgehead atoms. The minimum absolute atomic E-state index is 0.196. The van der Waals surface area contributed by atoms with Crippen molar-refractivity contribution in [2.24, 2.45) is 0 Å². The van der Waals surface area contributed by atoms with Gasteiger partial charge in [-0.2, -0.15) is 4.98 Å². The van der Waals surface area contributed by atoms with Crippen molar-refractivity contribution in [1.82, 2.24) is 10.1 Å². The van der Waals surface area contributed by atoms with E-state index in [9.17, 15) is 4.79 Å². The molecule has 6 heteroatoms. The van der Waals surface area contributed by atoms with Crippen LogP contribution in [0.25, 0.3) is 22.2 Å². The van der Waals surface area contributed by atoms with Crippen molar-refractivity contribution in [3.63, 3.8) is 0 Å². The van der Waals surface area contributed by atoms with Crippen LogP contribution >= 0.6 is 11.3 Å². The standard InChI is InChI=1S/C14H10N2O3S/c1-8-5-6-20-11(8)13-15-12(16-19-13)9-3-2-4-10(7-9)14(17)18/h2-7H,1H3,(H,17,18). The lowest BCUT2D eigenvalue weighted by atomic mass is 10.1. The van der Waals surface area contributed by atoms with Crippen LogP contribution in [0.15, 0.2) is 40.2 Å². The number of thiophene rings is 1. The number of benzene rings is 1.